The van der Waals surface area contributed by atoms with Gasteiger partial charge in [-0.25, -0.2) is 4.98 Å². The van der Waals surface area contributed by atoms with E-state index in [2.05, 4.69) is 88.4 Å². The molecule has 4 aromatic heterocycles. The summed E-state index contributed by atoms with van der Waals surface area (Å²) >= 11 is 1.75. The van der Waals surface area contributed by atoms with Gasteiger partial charge in [-0.2, -0.15) is 0 Å². The molecule has 3 nitrogen and oxygen atoms in total. The Morgan fingerprint density at radius 1 is 0.656 bits per heavy atom. The highest BCUT2D eigenvalue weighted by Crippen LogP contribution is 2.42. The Labute approximate surface area is 188 Å². The Morgan fingerprint density at radius 2 is 1.44 bits per heavy atom. The minimum absolute atomic E-state index is 0.967. The highest BCUT2D eigenvalue weighted by Gasteiger charge is 2.20. The lowest BCUT2D eigenvalue weighted by Crippen LogP contribution is -1.98. The van der Waals surface area contributed by atoms with E-state index in [4.69, 9.17) is 4.98 Å². The van der Waals surface area contributed by atoms with Crippen molar-refractivity contribution in [1.29, 1.82) is 0 Å². The molecule has 0 unspecified atom stereocenters. The number of thiophene rings is 1. The van der Waals surface area contributed by atoms with Crippen molar-refractivity contribution in [1.82, 2.24) is 14.5 Å². The lowest BCUT2D eigenvalue weighted by Gasteiger charge is -2.14. The van der Waals surface area contributed by atoms with Crippen LogP contribution in [0.25, 0.3) is 59.1 Å². The summed E-state index contributed by atoms with van der Waals surface area (Å²) in [5, 5.41) is 4.86. The summed E-state index contributed by atoms with van der Waals surface area (Å²) in [4.78, 5) is 10.6. The second-order valence-corrected chi connectivity index (χ2v) is 8.91. The van der Waals surface area contributed by atoms with Gasteiger partial charge in [0.25, 0.3) is 0 Å². The minimum Gasteiger partial charge on any atom is -0.308 e. The van der Waals surface area contributed by atoms with Crippen molar-refractivity contribution in [2.45, 2.75) is 0 Å². The van der Waals surface area contributed by atoms with E-state index in [9.17, 15) is 0 Å². The molecule has 150 valence electrons. The van der Waals surface area contributed by atoms with E-state index >= 15 is 0 Å². The normalized spacial score (nSPS) is 11.8. The summed E-state index contributed by atoms with van der Waals surface area (Å²) in [6.45, 7) is 0. The number of fused-ring (bicyclic) bond motifs is 7. The van der Waals surface area contributed by atoms with Crippen LogP contribution in [-0.4, -0.2) is 14.5 Å². The smallest absolute Gasteiger partial charge is 0.126 e. The van der Waals surface area contributed by atoms with Crippen LogP contribution in [0.2, 0.25) is 0 Å². The Balaban J connectivity index is 1.73. The summed E-state index contributed by atoms with van der Waals surface area (Å²) in [6.07, 6.45) is 3.89. The predicted octanol–water partition coefficient (Wildman–Crippen LogP) is 7.61. The topological polar surface area (TPSA) is 30.7 Å². The van der Waals surface area contributed by atoms with E-state index in [1.165, 1.54) is 37.3 Å². The molecule has 0 fully saturated rings. The monoisotopic (exact) mass is 427 g/mol. The highest BCUT2D eigenvalue weighted by molar-refractivity contribution is 7.25. The molecule has 7 rings (SSSR count). The first-order valence-corrected chi connectivity index (χ1v) is 11.4. The van der Waals surface area contributed by atoms with Crippen LogP contribution in [0.4, 0.5) is 0 Å². The third-order valence-electron chi connectivity index (χ3n) is 6.12. The summed E-state index contributed by atoms with van der Waals surface area (Å²) in [5.41, 5.74) is 5.59. The molecule has 0 atom stereocenters. The molecule has 0 N–H and O–H groups in total. The minimum atomic E-state index is 0.967. The molecule has 0 saturated heterocycles. The van der Waals surface area contributed by atoms with Gasteiger partial charge in [0.05, 0.1) is 22.4 Å². The highest BCUT2D eigenvalue weighted by atomic mass is 32.1. The SMILES string of the molecule is c1ccc(-c2ccccc2-n2c3ccccc3c3cnc4sc5ccccc5c4c32)nc1. The first-order chi connectivity index (χ1) is 15.9. The molecule has 0 aliphatic rings. The Morgan fingerprint density at radius 3 is 2.34 bits per heavy atom. The summed E-state index contributed by atoms with van der Waals surface area (Å²) in [6, 6.07) is 31.8. The zero-order valence-corrected chi connectivity index (χ0v) is 17.9. The van der Waals surface area contributed by atoms with Crippen molar-refractivity contribution in [2.75, 3.05) is 0 Å². The van der Waals surface area contributed by atoms with Crippen LogP contribution >= 0.6 is 11.3 Å². The molecule has 3 aromatic carbocycles. The third-order valence-corrected chi connectivity index (χ3v) is 7.20. The molecular formula is C28H17N3S. The first-order valence-electron chi connectivity index (χ1n) is 10.6. The van der Waals surface area contributed by atoms with Crippen LogP contribution in [0.1, 0.15) is 0 Å². The quantitative estimate of drug-likeness (QED) is 0.284. The number of para-hydroxylation sites is 2. The Bertz CT molecular complexity index is 1780. The number of hydrogen-bond donors (Lipinski definition) is 0. The van der Waals surface area contributed by atoms with Crippen molar-refractivity contribution < 1.29 is 0 Å². The second-order valence-electron chi connectivity index (χ2n) is 7.88. The average Bonchev–Trinajstić information content (AvgIpc) is 3.40. The van der Waals surface area contributed by atoms with Crippen molar-refractivity contribution in [3.05, 3.63) is 103 Å². The zero-order chi connectivity index (χ0) is 21.1. The first kappa shape index (κ1) is 17.6. The van der Waals surface area contributed by atoms with Crippen molar-refractivity contribution >= 4 is 53.4 Å². The van der Waals surface area contributed by atoms with Gasteiger partial charge in [0.2, 0.25) is 0 Å². The van der Waals surface area contributed by atoms with Gasteiger partial charge in [-0.15, -0.1) is 11.3 Å². The molecule has 0 bridgehead atoms. The van der Waals surface area contributed by atoms with Crippen LogP contribution in [-0.2, 0) is 0 Å². The third kappa shape index (κ3) is 2.41. The lowest BCUT2D eigenvalue weighted by atomic mass is 10.1. The van der Waals surface area contributed by atoms with Gasteiger partial charge in [-0.1, -0.05) is 60.7 Å². The molecule has 7 aromatic rings. The molecule has 0 saturated carbocycles. The summed E-state index contributed by atoms with van der Waals surface area (Å²) in [5.74, 6) is 0. The number of aromatic nitrogens is 3. The van der Waals surface area contributed by atoms with Gasteiger partial charge < -0.3 is 4.57 Å². The zero-order valence-electron chi connectivity index (χ0n) is 17.1. The van der Waals surface area contributed by atoms with Crippen LogP contribution in [0.15, 0.2) is 103 Å². The Kier molecular flexibility index (Phi) is 3.72. The number of nitrogens with zero attached hydrogens (tertiary/aromatic N) is 3. The molecule has 0 aliphatic heterocycles. The van der Waals surface area contributed by atoms with Gasteiger partial charge in [-0.05, 0) is 30.3 Å². The van der Waals surface area contributed by atoms with Gasteiger partial charge in [0.15, 0.2) is 0 Å². The largest absolute Gasteiger partial charge is 0.308 e. The fraction of sp³-hybridized carbons (Fsp3) is 0. The number of rotatable bonds is 2. The lowest BCUT2D eigenvalue weighted by molar-refractivity contribution is 1.18. The maximum Gasteiger partial charge on any atom is 0.126 e. The maximum atomic E-state index is 4.88. The molecule has 0 radical (unpaired) electrons. The molecular weight excluding hydrogens is 410 g/mol. The van der Waals surface area contributed by atoms with E-state index in [1.807, 2.05) is 24.5 Å². The van der Waals surface area contributed by atoms with Gasteiger partial charge in [0.1, 0.15) is 4.83 Å². The molecule has 0 amide bonds. The van der Waals surface area contributed by atoms with E-state index in [-0.39, 0.29) is 0 Å². The summed E-state index contributed by atoms with van der Waals surface area (Å²) < 4.78 is 3.66. The van der Waals surface area contributed by atoms with Gasteiger partial charge in [0, 0.05) is 44.2 Å². The average molecular weight is 428 g/mol. The molecule has 0 aliphatic carbocycles. The van der Waals surface area contributed by atoms with E-state index in [0.717, 1.165) is 21.8 Å². The molecule has 4 heteroatoms. The second kappa shape index (κ2) is 6.74. The number of benzene rings is 3. The summed E-state index contributed by atoms with van der Waals surface area (Å²) in [7, 11) is 0. The van der Waals surface area contributed by atoms with Crippen molar-refractivity contribution in [3.63, 3.8) is 0 Å². The van der Waals surface area contributed by atoms with Gasteiger partial charge >= 0.3 is 0 Å². The fourth-order valence-electron chi connectivity index (χ4n) is 4.78. The molecule has 4 heterocycles. The van der Waals surface area contributed by atoms with Crippen LogP contribution in [0, 0.1) is 0 Å². The molecule has 0 spiro atoms. The predicted molar refractivity (Wildman–Crippen MR) is 135 cm³/mol. The Hall–Kier alpha value is -4.02. The van der Waals surface area contributed by atoms with Crippen molar-refractivity contribution in [2.24, 2.45) is 0 Å². The van der Waals surface area contributed by atoms with E-state index in [0.29, 0.717) is 0 Å². The number of hydrogen-bond acceptors (Lipinski definition) is 3. The number of pyridine rings is 2. The standard InChI is InChI=1S/C28H17N3S/c1-4-13-23-18(9-1)21-17-30-28-26(20-11-3-6-15-25(20)32-28)27(21)31(23)24-14-5-2-10-19(24)22-12-7-8-16-29-22/h1-17H. The molecule has 32 heavy (non-hydrogen) atoms. The fourth-order valence-corrected chi connectivity index (χ4v) is 5.82. The van der Waals surface area contributed by atoms with E-state index in [1.54, 1.807) is 11.3 Å². The van der Waals surface area contributed by atoms with Crippen LogP contribution in [0.5, 0.6) is 0 Å². The van der Waals surface area contributed by atoms with Gasteiger partial charge in [-0.3, -0.25) is 4.98 Å². The van der Waals surface area contributed by atoms with E-state index < -0.39 is 0 Å². The van der Waals surface area contributed by atoms with Crippen LogP contribution in [0.3, 0.4) is 0 Å². The maximum absolute atomic E-state index is 4.88. The van der Waals surface area contributed by atoms with Crippen LogP contribution < -0.4 is 0 Å². The van der Waals surface area contributed by atoms with Crippen molar-refractivity contribution in [3.8, 4) is 16.9 Å².